The first-order chi connectivity index (χ1) is 9.36. The van der Waals surface area contributed by atoms with Crippen LogP contribution in [0.3, 0.4) is 0 Å². The maximum absolute atomic E-state index is 4.65. The van der Waals surface area contributed by atoms with E-state index in [2.05, 4.69) is 34.8 Å². The summed E-state index contributed by atoms with van der Waals surface area (Å²) < 4.78 is 1.94. The second-order valence-corrected chi connectivity index (χ2v) is 5.04. The van der Waals surface area contributed by atoms with Gasteiger partial charge in [0.2, 0.25) is 0 Å². The summed E-state index contributed by atoms with van der Waals surface area (Å²) in [5, 5.41) is 4.65. The number of rotatable bonds is 6. The molecule has 3 heteroatoms. The molecule has 0 bridgehead atoms. The van der Waals surface area contributed by atoms with Crippen molar-refractivity contribution in [1.29, 1.82) is 0 Å². The lowest BCUT2D eigenvalue weighted by Gasteiger charge is -2.18. The van der Waals surface area contributed by atoms with Gasteiger partial charge in [-0.2, -0.15) is 5.10 Å². The number of nitrogens with zero attached hydrogens (tertiary/aromatic N) is 3. The monoisotopic (exact) mass is 253 g/mol. The van der Waals surface area contributed by atoms with Crippen LogP contribution in [0.15, 0.2) is 55.3 Å². The van der Waals surface area contributed by atoms with Gasteiger partial charge in [-0.25, -0.2) is 4.68 Å². The van der Waals surface area contributed by atoms with Crippen molar-refractivity contribution in [3.05, 3.63) is 60.9 Å². The first kappa shape index (κ1) is 12.2. The summed E-state index contributed by atoms with van der Waals surface area (Å²) in [6, 6.07) is 13.1. The molecule has 1 aromatic carbocycles. The van der Waals surface area contributed by atoms with Gasteiger partial charge < -0.3 is 0 Å². The molecular weight excluding hydrogens is 234 g/mol. The van der Waals surface area contributed by atoms with Crippen LogP contribution in [0.5, 0.6) is 0 Å². The highest BCUT2D eigenvalue weighted by Gasteiger charge is 2.28. The van der Waals surface area contributed by atoms with Crippen molar-refractivity contribution >= 4 is 0 Å². The molecule has 0 N–H and O–H groups in total. The van der Waals surface area contributed by atoms with Crippen molar-refractivity contribution in [2.24, 2.45) is 0 Å². The Hall–Kier alpha value is -1.87. The SMILES string of the molecule is C=CCN(Cc1ccn(-c2ccccc2)n1)C1CC1. The van der Waals surface area contributed by atoms with E-state index in [0.717, 1.165) is 30.5 Å². The molecule has 0 spiro atoms. The lowest BCUT2D eigenvalue weighted by Crippen LogP contribution is -2.25. The summed E-state index contributed by atoms with van der Waals surface area (Å²) >= 11 is 0. The van der Waals surface area contributed by atoms with Gasteiger partial charge in [-0.15, -0.1) is 6.58 Å². The van der Waals surface area contributed by atoms with Crippen molar-refractivity contribution in [3.8, 4) is 5.69 Å². The molecule has 0 atom stereocenters. The van der Waals surface area contributed by atoms with Crippen LogP contribution < -0.4 is 0 Å². The summed E-state index contributed by atoms with van der Waals surface area (Å²) in [4.78, 5) is 2.45. The first-order valence-electron chi connectivity index (χ1n) is 6.82. The Kier molecular flexibility index (Phi) is 3.47. The topological polar surface area (TPSA) is 21.1 Å². The Morgan fingerprint density at radius 2 is 2.05 bits per heavy atom. The van der Waals surface area contributed by atoms with Gasteiger partial charge in [0.1, 0.15) is 0 Å². The van der Waals surface area contributed by atoms with E-state index >= 15 is 0 Å². The molecule has 0 unspecified atom stereocenters. The number of benzene rings is 1. The zero-order valence-corrected chi connectivity index (χ0v) is 11.1. The molecule has 1 aliphatic carbocycles. The van der Waals surface area contributed by atoms with E-state index in [9.17, 15) is 0 Å². The fourth-order valence-electron chi connectivity index (χ4n) is 2.33. The van der Waals surface area contributed by atoms with Crippen molar-refractivity contribution in [2.45, 2.75) is 25.4 Å². The van der Waals surface area contributed by atoms with Gasteiger partial charge in [-0.05, 0) is 31.0 Å². The van der Waals surface area contributed by atoms with Crippen molar-refractivity contribution in [2.75, 3.05) is 6.54 Å². The molecule has 19 heavy (non-hydrogen) atoms. The van der Waals surface area contributed by atoms with Gasteiger partial charge in [0.15, 0.2) is 0 Å². The van der Waals surface area contributed by atoms with Crippen LogP contribution in [0.4, 0.5) is 0 Å². The minimum atomic E-state index is 0.736. The van der Waals surface area contributed by atoms with E-state index < -0.39 is 0 Å². The number of aromatic nitrogens is 2. The highest BCUT2D eigenvalue weighted by molar-refractivity contribution is 5.30. The molecule has 1 heterocycles. The van der Waals surface area contributed by atoms with Gasteiger partial charge in [-0.1, -0.05) is 24.3 Å². The molecule has 0 radical (unpaired) electrons. The summed E-state index contributed by atoms with van der Waals surface area (Å²) in [6.45, 7) is 5.70. The van der Waals surface area contributed by atoms with Gasteiger partial charge >= 0.3 is 0 Å². The maximum Gasteiger partial charge on any atom is 0.0769 e. The predicted octanol–water partition coefficient (Wildman–Crippen LogP) is 3.02. The molecule has 0 aliphatic heterocycles. The predicted molar refractivity (Wildman–Crippen MR) is 77.2 cm³/mol. The van der Waals surface area contributed by atoms with E-state index in [1.807, 2.05) is 35.2 Å². The van der Waals surface area contributed by atoms with E-state index in [-0.39, 0.29) is 0 Å². The third-order valence-corrected chi connectivity index (χ3v) is 3.46. The second kappa shape index (κ2) is 5.41. The standard InChI is InChI=1S/C16H19N3/c1-2-11-18(15-8-9-15)13-14-10-12-19(17-14)16-6-4-3-5-7-16/h2-7,10,12,15H,1,8-9,11,13H2. The smallest absolute Gasteiger partial charge is 0.0769 e. The highest BCUT2D eigenvalue weighted by Crippen LogP contribution is 2.27. The Morgan fingerprint density at radius 1 is 1.26 bits per heavy atom. The highest BCUT2D eigenvalue weighted by atomic mass is 15.3. The fraction of sp³-hybridized carbons (Fsp3) is 0.312. The minimum Gasteiger partial charge on any atom is -0.291 e. The van der Waals surface area contributed by atoms with Crippen LogP contribution >= 0.6 is 0 Å². The number of para-hydroxylation sites is 1. The number of hydrogen-bond donors (Lipinski definition) is 0. The third-order valence-electron chi connectivity index (χ3n) is 3.46. The largest absolute Gasteiger partial charge is 0.291 e. The molecule has 1 fully saturated rings. The third kappa shape index (κ3) is 2.93. The molecule has 2 aromatic rings. The molecule has 98 valence electrons. The molecule has 0 saturated heterocycles. The number of hydrogen-bond acceptors (Lipinski definition) is 2. The summed E-state index contributed by atoms with van der Waals surface area (Å²) in [6.07, 6.45) is 6.64. The molecule has 1 saturated carbocycles. The quantitative estimate of drug-likeness (QED) is 0.738. The summed E-state index contributed by atoms with van der Waals surface area (Å²) in [5.74, 6) is 0. The Balaban J connectivity index is 1.72. The normalized spacial score (nSPS) is 14.8. The van der Waals surface area contributed by atoms with Crippen LogP contribution in [0.25, 0.3) is 5.69 Å². The van der Waals surface area contributed by atoms with E-state index in [1.54, 1.807) is 0 Å². The van der Waals surface area contributed by atoms with Crippen LogP contribution in [-0.4, -0.2) is 27.3 Å². The lowest BCUT2D eigenvalue weighted by atomic mass is 10.3. The van der Waals surface area contributed by atoms with Crippen LogP contribution in [0, 0.1) is 0 Å². The first-order valence-corrected chi connectivity index (χ1v) is 6.82. The van der Waals surface area contributed by atoms with Crippen molar-refractivity contribution < 1.29 is 0 Å². The average molecular weight is 253 g/mol. The van der Waals surface area contributed by atoms with E-state index in [1.165, 1.54) is 12.8 Å². The van der Waals surface area contributed by atoms with Crippen molar-refractivity contribution in [3.63, 3.8) is 0 Å². The van der Waals surface area contributed by atoms with Crippen molar-refractivity contribution in [1.82, 2.24) is 14.7 Å². The maximum atomic E-state index is 4.65. The van der Waals surface area contributed by atoms with Gasteiger partial charge in [0, 0.05) is 25.3 Å². The molecule has 1 aromatic heterocycles. The summed E-state index contributed by atoms with van der Waals surface area (Å²) in [5.41, 5.74) is 2.23. The lowest BCUT2D eigenvalue weighted by molar-refractivity contribution is 0.280. The Morgan fingerprint density at radius 3 is 2.74 bits per heavy atom. The Bertz CT molecular complexity index is 540. The minimum absolute atomic E-state index is 0.736. The zero-order valence-electron chi connectivity index (χ0n) is 11.1. The molecule has 3 nitrogen and oxygen atoms in total. The zero-order chi connectivity index (χ0) is 13.1. The molecule has 3 rings (SSSR count). The van der Waals surface area contributed by atoms with Crippen LogP contribution in [0.2, 0.25) is 0 Å². The summed E-state index contributed by atoms with van der Waals surface area (Å²) in [7, 11) is 0. The van der Waals surface area contributed by atoms with E-state index in [4.69, 9.17) is 0 Å². The van der Waals surface area contributed by atoms with Gasteiger partial charge in [-0.3, -0.25) is 4.90 Å². The molecule has 0 amide bonds. The van der Waals surface area contributed by atoms with Gasteiger partial charge in [0.25, 0.3) is 0 Å². The van der Waals surface area contributed by atoms with Gasteiger partial charge in [0.05, 0.1) is 11.4 Å². The van der Waals surface area contributed by atoms with Crippen LogP contribution in [-0.2, 0) is 6.54 Å². The van der Waals surface area contributed by atoms with E-state index in [0.29, 0.717) is 0 Å². The Labute approximate surface area is 114 Å². The average Bonchev–Trinajstić information content (AvgIpc) is 3.19. The second-order valence-electron chi connectivity index (χ2n) is 5.04. The fourth-order valence-corrected chi connectivity index (χ4v) is 2.33. The van der Waals surface area contributed by atoms with Crippen LogP contribution in [0.1, 0.15) is 18.5 Å². The molecular formula is C16H19N3. The molecule has 1 aliphatic rings.